The van der Waals surface area contributed by atoms with Crippen molar-refractivity contribution in [1.29, 1.82) is 0 Å². The standard InChI is InChI=1S/C13H19FN2O/c1-3-16(4-2)13(17)10-15-9-11-7-5-6-8-12(11)14/h5-8,15H,3-4,9-10H2,1-2H3. The number of carbonyl (C=O) groups is 1. The first-order valence-electron chi connectivity index (χ1n) is 5.90. The molecule has 0 aromatic heterocycles. The molecule has 94 valence electrons. The van der Waals surface area contributed by atoms with Crippen LogP contribution in [0.4, 0.5) is 4.39 Å². The van der Waals surface area contributed by atoms with Gasteiger partial charge in [-0.3, -0.25) is 4.79 Å². The van der Waals surface area contributed by atoms with Crippen LogP contribution in [-0.2, 0) is 11.3 Å². The number of rotatable bonds is 6. The number of hydrogen-bond acceptors (Lipinski definition) is 2. The quantitative estimate of drug-likeness (QED) is 0.819. The van der Waals surface area contributed by atoms with Gasteiger partial charge in [-0.2, -0.15) is 0 Å². The molecule has 1 aromatic rings. The van der Waals surface area contributed by atoms with Gasteiger partial charge >= 0.3 is 0 Å². The highest BCUT2D eigenvalue weighted by molar-refractivity contribution is 5.78. The summed E-state index contributed by atoms with van der Waals surface area (Å²) in [5, 5.41) is 2.96. The van der Waals surface area contributed by atoms with Crippen molar-refractivity contribution in [2.24, 2.45) is 0 Å². The lowest BCUT2D eigenvalue weighted by molar-refractivity contribution is -0.129. The van der Waals surface area contributed by atoms with Gasteiger partial charge in [0, 0.05) is 25.2 Å². The number of benzene rings is 1. The summed E-state index contributed by atoms with van der Waals surface area (Å²) in [6.45, 7) is 5.92. The highest BCUT2D eigenvalue weighted by Gasteiger charge is 2.08. The van der Waals surface area contributed by atoms with Crippen LogP contribution in [0.5, 0.6) is 0 Å². The van der Waals surface area contributed by atoms with Gasteiger partial charge in [-0.05, 0) is 19.9 Å². The van der Waals surface area contributed by atoms with Crippen molar-refractivity contribution in [3.8, 4) is 0 Å². The minimum Gasteiger partial charge on any atom is -0.342 e. The van der Waals surface area contributed by atoms with Crippen LogP contribution in [0.3, 0.4) is 0 Å². The van der Waals surface area contributed by atoms with E-state index in [0.29, 0.717) is 25.2 Å². The summed E-state index contributed by atoms with van der Waals surface area (Å²) in [7, 11) is 0. The van der Waals surface area contributed by atoms with Gasteiger partial charge in [0.2, 0.25) is 5.91 Å². The zero-order valence-corrected chi connectivity index (χ0v) is 10.4. The predicted octanol–water partition coefficient (Wildman–Crippen LogP) is 1.78. The van der Waals surface area contributed by atoms with E-state index in [4.69, 9.17) is 0 Å². The summed E-state index contributed by atoms with van der Waals surface area (Å²) in [6, 6.07) is 6.57. The largest absolute Gasteiger partial charge is 0.342 e. The van der Waals surface area contributed by atoms with Crippen molar-refractivity contribution in [1.82, 2.24) is 10.2 Å². The molecule has 0 aliphatic heterocycles. The molecule has 0 unspecified atom stereocenters. The minimum absolute atomic E-state index is 0.0475. The second-order valence-electron chi connectivity index (χ2n) is 3.76. The number of hydrogen-bond donors (Lipinski definition) is 1. The smallest absolute Gasteiger partial charge is 0.236 e. The topological polar surface area (TPSA) is 32.3 Å². The zero-order chi connectivity index (χ0) is 12.7. The van der Waals surface area contributed by atoms with Crippen LogP contribution in [0.25, 0.3) is 0 Å². The third-order valence-electron chi connectivity index (χ3n) is 2.67. The second kappa shape index (κ2) is 7.01. The van der Waals surface area contributed by atoms with Crippen molar-refractivity contribution in [2.75, 3.05) is 19.6 Å². The molecule has 0 aliphatic carbocycles. The molecule has 0 aliphatic rings. The van der Waals surface area contributed by atoms with E-state index in [1.165, 1.54) is 6.07 Å². The van der Waals surface area contributed by atoms with Crippen LogP contribution in [0.15, 0.2) is 24.3 Å². The summed E-state index contributed by atoms with van der Waals surface area (Å²) < 4.78 is 13.3. The van der Waals surface area contributed by atoms with Crippen LogP contribution in [0.1, 0.15) is 19.4 Å². The van der Waals surface area contributed by atoms with E-state index in [1.54, 1.807) is 23.1 Å². The molecule has 0 atom stereocenters. The van der Waals surface area contributed by atoms with E-state index >= 15 is 0 Å². The number of halogens is 1. The van der Waals surface area contributed by atoms with E-state index in [2.05, 4.69) is 5.32 Å². The number of amides is 1. The molecule has 0 radical (unpaired) electrons. The van der Waals surface area contributed by atoms with Crippen LogP contribution >= 0.6 is 0 Å². The normalized spacial score (nSPS) is 10.3. The molecule has 0 fully saturated rings. The Morgan fingerprint density at radius 3 is 2.53 bits per heavy atom. The first-order chi connectivity index (χ1) is 8.19. The molecule has 17 heavy (non-hydrogen) atoms. The SMILES string of the molecule is CCN(CC)C(=O)CNCc1ccccc1F. The lowest BCUT2D eigenvalue weighted by atomic mass is 10.2. The maximum absolute atomic E-state index is 13.3. The van der Waals surface area contributed by atoms with E-state index in [1.807, 2.05) is 13.8 Å². The number of nitrogens with zero attached hydrogens (tertiary/aromatic N) is 1. The average molecular weight is 238 g/mol. The molecule has 0 saturated carbocycles. The molecule has 1 amide bonds. The maximum atomic E-state index is 13.3. The summed E-state index contributed by atoms with van der Waals surface area (Å²) >= 11 is 0. The first-order valence-corrected chi connectivity index (χ1v) is 5.90. The van der Waals surface area contributed by atoms with Crippen molar-refractivity contribution < 1.29 is 9.18 Å². The zero-order valence-electron chi connectivity index (χ0n) is 10.4. The van der Waals surface area contributed by atoms with Crippen LogP contribution < -0.4 is 5.32 Å². The maximum Gasteiger partial charge on any atom is 0.236 e. The van der Waals surface area contributed by atoms with Gasteiger partial charge in [-0.1, -0.05) is 18.2 Å². The Labute approximate surface area is 102 Å². The first kappa shape index (κ1) is 13.6. The van der Waals surface area contributed by atoms with Gasteiger partial charge < -0.3 is 10.2 Å². The molecule has 1 N–H and O–H groups in total. The summed E-state index contributed by atoms with van der Waals surface area (Å²) in [5.74, 6) is -0.193. The van der Waals surface area contributed by atoms with Crippen LogP contribution in [0.2, 0.25) is 0 Å². The Morgan fingerprint density at radius 1 is 1.29 bits per heavy atom. The number of likely N-dealkylation sites (N-methyl/N-ethyl adjacent to an activating group) is 1. The Balaban J connectivity index is 2.38. The van der Waals surface area contributed by atoms with E-state index in [9.17, 15) is 9.18 Å². The molecular formula is C13H19FN2O. The molecule has 0 spiro atoms. The summed E-state index contributed by atoms with van der Waals surface area (Å²) in [5.41, 5.74) is 0.583. The fourth-order valence-corrected chi connectivity index (χ4v) is 1.63. The van der Waals surface area contributed by atoms with Crippen LogP contribution in [-0.4, -0.2) is 30.4 Å². The predicted molar refractivity (Wildman–Crippen MR) is 66.0 cm³/mol. The average Bonchev–Trinajstić information content (AvgIpc) is 2.33. The minimum atomic E-state index is -0.240. The fourth-order valence-electron chi connectivity index (χ4n) is 1.63. The Kier molecular flexibility index (Phi) is 5.63. The monoisotopic (exact) mass is 238 g/mol. The van der Waals surface area contributed by atoms with Crippen molar-refractivity contribution in [3.63, 3.8) is 0 Å². The molecule has 0 heterocycles. The molecular weight excluding hydrogens is 219 g/mol. The highest BCUT2D eigenvalue weighted by Crippen LogP contribution is 2.05. The summed E-state index contributed by atoms with van der Waals surface area (Å²) in [4.78, 5) is 13.4. The van der Waals surface area contributed by atoms with Crippen LogP contribution in [0, 0.1) is 5.82 Å². The van der Waals surface area contributed by atoms with Gasteiger partial charge in [0.25, 0.3) is 0 Å². The third-order valence-corrected chi connectivity index (χ3v) is 2.67. The Bertz CT molecular complexity index is 364. The van der Waals surface area contributed by atoms with E-state index < -0.39 is 0 Å². The molecule has 0 saturated heterocycles. The lowest BCUT2D eigenvalue weighted by Crippen LogP contribution is -2.37. The van der Waals surface area contributed by atoms with Gasteiger partial charge in [0.05, 0.1) is 6.54 Å². The molecule has 1 rings (SSSR count). The van der Waals surface area contributed by atoms with Crippen molar-refractivity contribution in [3.05, 3.63) is 35.6 Å². The second-order valence-corrected chi connectivity index (χ2v) is 3.76. The van der Waals surface area contributed by atoms with Crippen molar-refractivity contribution >= 4 is 5.91 Å². The third kappa shape index (κ3) is 4.15. The summed E-state index contributed by atoms with van der Waals surface area (Å²) in [6.07, 6.45) is 0. The Morgan fingerprint density at radius 2 is 1.94 bits per heavy atom. The Hall–Kier alpha value is -1.42. The lowest BCUT2D eigenvalue weighted by Gasteiger charge is -2.18. The molecule has 1 aromatic carbocycles. The highest BCUT2D eigenvalue weighted by atomic mass is 19.1. The number of carbonyl (C=O) groups excluding carboxylic acids is 1. The molecule has 3 nitrogen and oxygen atoms in total. The number of nitrogens with one attached hydrogen (secondary N) is 1. The van der Waals surface area contributed by atoms with Crippen molar-refractivity contribution in [2.45, 2.75) is 20.4 Å². The fraction of sp³-hybridized carbons (Fsp3) is 0.462. The van der Waals surface area contributed by atoms with Gasteiger partial charge in [-0.25, -0.2) is 4.39 Å². The molecule has 0 bridgehead atoms. The van der Waals surface area contributed by atoms with E-state index in [0.717, 1.165) is 0 Å². The molecule has 4 heteroatoms. The van der Waals surface area contributed by atoms with E-state index in [-0.39, 0.29) is 18.3 Å². The van der Waals surface area contributed by atoms with Gasteiger partial charge in [0.1, 0.15) is 5.82 Å². The van der Waals surface area contributed by atoms with Gasteiger partial charge in [-0.15, -0.1) is 0 Å². The van der Waals surface area contributed by atoms with Gasteiger partial charge in [0.15, 0.2) is 0 Å².